The quantitative estimate of drug-likeness (QED) is 0.755. The number of halogens is 1. The van der Waals surface area contributed by atoms with Crippen LogP contribution in [0.15, 0.2) is 30.3 Å². The Morgan fingerprint density at radius 3 is 2.50 bits per heavy atom. The summed E-state index contributed by atoms with van der Waals surface area (Å²) in [5.74, 6) is 0.656. The summed E-state index contributed by atoms with van der Waals surface area (Å²) in [5.41, 5.74) is 2.81. The molecule has 3 nitrogen and oxygen atoms in total. The molecule has 20 heavy (non-hydrogen) atoms. The summed E-state index contributed by atoms with van der Waals surface area (Å²) >= 11 is 6.26. The first-order valence-corrected chi connectivity index (χ1v) is 7.17. The zero-order chi connectivity index (χ0) is 14.5. The minimum atomic E-state index is -0.111. The first kappa shape index (κ1) is 14.9. The lowest BCUT2D eigenvalue weighted by Crippen LogP contribution is -2.09. The van der Waals surface area contributed by atoms with Crippen LogP contribution in [0.5, 0.6) is 0 Å². The summed E-state index contributed by atoms with van der Waals surface area (Å²) in [7, 11) is 1.68. The first-order chi connectivity index (χ1) is 9.67. The lowest BCUT2D eigenvalue weighted by atomic mass is 10.1. The van der Waals surface area contributed by atoms with Crippen molar-refractivity contribution in [3.8, 4) is 11.3 Å². The summed E-state index contributed by atoms with van der Waals surface area (Å²) in [6.07, 6.45) is 1.78. The van der Waals surface area contributed by atoms with Gasteiger partial charge in [-0.15, -0.1) is 0 Å². The number of nitrogens with zero attached hydrogens (tertiary/aromatic N) is 2. The van der Waals surface area contributed by atoms with E-state index in [0.717, 1.165) is 29.7 Å². The molecule has 0 aliphatic heterocycles. The van der Waals surface area contributed by atoms with Gasteiger partial charge in [-0.25, -0.2) is 9.97 Å². The van der Waals surface area contributed by atoms with Crippen LogP contribution in [0.1, 0.15) is 37.3 Å². The Kier molecular flexibility index (Phi) is 5.10. The fraction of sp³-hybridized carbons (Fsp3) is 0.375. The molecule has 0 saturated heterocycles. The van der Waals surface area contributed by atoms with Crippen molar-refractivity contribution in [1.29, 1.82) is 0 Å². The molecular weight excluding hydrogens is 272 g/mol. The molecule has 0 radical (unpaired) electrons. The number of hydrogen-bond donors (Lipinski definition) is 0. The van der Waals surface area contributed by atoms with Crippen LogP contribution in [0.25, 0.3) is 11.3 Å². The minimum absolute atomic E-state index is 0.111. The molecule has 0 N–H and O–H groups in total. The molecule has 0 saturated carbocycles. The lowest BCUT2D eigenvalue weighted by molar-refractivity contribution is 0.0877. The normalized spacial score (nSPS) is 12.4. The van der Waals surface area contributed by atoms with E-state index in [1.807, 2.05) is 37.3 Å². The summed E-state index contributed by atoms with van der Waals surface area (Å²) in [4.78, 5) is 9.05. The second-order valence-corrected chi connectivity index (χ2v) is 5.08. The van der Waals surface area contributed by atoms with Crippen molar-refractivity contribution < 1.29 is 4.74 Å². The van der Waals surface area contributed by atoms with E-state index in [1.165, 1.54) is 0 Å². The van der Waals surface area contributed by atoms with Gasteiger partial charge in [0.15, 0.2) is 5.82 Å². The second-order valence-electron chi connectivity index (χ2n) is 4.73. The molecule has 0 amide bonds. The Morgan fingerprint density at radius 1 is 1.20 bits per heavy atom. The molecule has 4 heteroatoms. The fourth-order valence-electron chi connectivity index (χ4n) is 2.14. The van der Waals surface area contributed by atoms with Crippen molar-refractivity contribution in [3.63, 3.8) is 0 Å². The van der Waals surface area contributed by atoms with Gasteiger partial charge in [0.25, 0.3) is 0 Å². The molecule has 1 unspecified atom stereocenters. The summed E-state index contributed by atoms with van der Waals surface area (Å²) in [6, 6.07) is 10.0. The molecule has 0 fully saturated rings. The van der Waals surface area contributed by atoms with Gasteiger partial charge in [0.2, 0.25) is 0 Å². The van der Waals surface area contributed by atoms with Crippen molar-refractivity contribution in [2.24, 2.45) is 0 Å². The number of methoxy groups -OCH3 is 1. The highest BCUT2D eigenvalue weighted by molar-refractivity contribution is 6.30. The number of hydrogen-bond acceptors (Lipinski definition) is 3. The van der Waals surface area contributed by atoms with E-state index in [1.54, 1.807) is 7.11 Å². The third-order valence-corrected chi connectivity index (χ3v) is 3.64. The van der Waals surface area contributed by atoms with Gasteiger partial charge >= 0.3 is 0 Å². The third-order valence-electron chi connectivity index (χ3n) is 3.27. The fourth-order valence-corrected chi connectivity index (χ4v) is 2.32. The predicted molar refractivity (Wildman–Crippen MR) is 81.9 cm³/mol. The zero-order valence-corrected chi connectivity index (χ0v) is 12.8. The molecule has 106 valence electrons. The van der Waals surface area contributed by atoms with Crippen molar-refractivity contribution in [3.05, 3.63) is 46.9 Å². The van der Waals surface area contributed by atoms with Gasteiger partial charge in [-0.05, 0) is 13.3 Å². The van der Waals surface area contributed by atoms with E-state index >= 15 is 0 Å². The number of rotatable bonds is 5. The molecule has 0 bridgehead atoms. The van der Waals surface area contributed by atoms with Gasteiger partial charge in [-0.1, -0.05) is 55.3 Å². The maximum absolute atomic E-state index is 6.26. The van der Waals surface area contributed by atoms with Crippen LogP contribution in [0.2, 0.25) is 5.15 Å². The van der Waals surface area contributed by atoms with E-state index in [-0.39, 0.29) is 6.10 Å². The van der Waals surface area contributed by atoms with E-state index in [0.29, 0.717) is 11.0 Å². The van der Waals surface area contributed by atoms with Crippen molar-refractivity contribution in [2.45, 2.75) is 32.8 Å². The van der Waals surface area contributed by atoms with Gasteiger partial charge in [0.05, 0.1) is 5.69 Å². The van der Waals surface area contributed by atoms with Crippen LogP contribution in [-0.4, -0.2) is 17.1 Å². The standard InChI is InChI=1S/C16H19ClN2O/c1-4-8-13(20-3)16-18-14(11(2)15(17)19-16)12-9-6-5-7-10-12/h5-7,9-10,13H,4,8H2,1-3H3. The van der Waals surface area contributed by atoms with Crippen LogP contribution in [0.4, 0.5) is 0 Å². The Bertz CT molecular complexity index is 572. The van der Waals surface area contributed by atoms with Gasteiger partial charge in [-0.3, -0.25) is 0 Å². The highest BCUT2D eigenvalue weighted by Crippen LogP contribution is 2.28. The molecule has 1 atom stereocenters. The van der Waals surface area contributed by atoms with Gasteiger partial charge in [-0.2, -0.15) is 0 Å². The van der Waals surface area contributed by atoms with Crippen molar-refractivity contribution in [2.75, 3.05) is 7.11 Å². The van der Waals surface area contributed by atoms with E-state index < -0.39 is 0 Å². The Hall–Kier alpha value is -1.45. The molecule has 2 aromatic rings. The Labute approximate surface area is 125 Å². The Balaban J connectivity index is 2.50. The maximum Gasteiger partial charge on any atom is 0.159 e. The average Bonchev–Trinajstić information content (AvgIpc) is 2.48. The second kappa shape index (κ2) is 6.82. The lowest BCUT2D eigenvalue weighted by Gasteiger charge is -2.16. The van der Waals surface area contributed by atoms with E-state index in [9.17, 15) is 0 Å². The van der Waals surface area contributed by atoms with Crippen LogP contribution < -0.4 is 0 Å². The molecule has 0 aliphatic rings. The molecule has 0 aliphatic carbocycles. The Morgan fingerprint density at radius 2 is 1.90 bits per heavy atom. The van der Waals surface area contributed by atoms with Gasteiger partial charge in [0, 0.05) is 18.2 Å². The van der Waals surface area contributed by atoms with Crippen LogP contribution >= 0.6 is 11.6 Å². The third kappa shape index (κ3) is 3.17. The van der Waals surface area contributed by atoms with Crippen molar-refractivity contribution in [1.82, 2.24) is 9.97 Å². The van der Waals surface area contributed by atoms with Gasteiger partial charge in [0.1, 0.15) is 11.3 Å². The topological polar surface area (TPSA) is 35.0 Å². The van der Waals surface area contributed by atoms with Gasteiger partial charge < -0.3 is 4.74 Å². The molecule has 1 aromatic heterocycles. The summed E-state index contributed by atoms with van der Waals surface area (Å²) < 4.78 is 5.48. The average molecular weight is 291 g/mol. The molecule has 1 aromatic carbocycles. The summed E-state index contributed by atoms with van der Waals surface area (Å²) in [6.45, 7) is 4.05. The number of benzene rings is 1. The minimum Gasteiger partial charge on any atom is -0.373 e. The highest BCUT2D eigenvalue weighted by Gasteiger charge is 2.17. The molecule has 1 heterocycles. The van der Waals surface area contributed by atoms with Crippen LogP contribution in [0, 0.1) is 6.92 Å². The smallest absolute Gasteiger partial charge is 0.159 e. The predicted octanol–water partition coefficient (Wildman–Crippen LogP) is 4.59. The first-order valence-electron chi connectivity index (χ1n) is 6.79. The SMILES string of the molecule is CCCC(OC)c1nc(Cl)c(C)c(-c2ccccc2)n1. The number of ether oxygens (including phenoxy) is 1. The van der Waals surface area contributed by atoms with E-state index in [4.69, 9.17) is 16.3 Å². The zero-order valence-electron chi connectivity index (χ0n) is 12.1. The number of aromatic nitrogens is 2. The molecule has 2 rings (SSSR count). The van der Waals surface area contributed by atoms with E-state index in [2.05, 4.69) is 16.9 Å². The molecule has 0 spiro atoms. The monoisotopic (exact) mass is 290 g/mol. The summed E-state index contributed by atoms with van der Waals surface area (Å²) in [5, 5.41) is 0.493. The van der Waals surface area contributed by atoms with Crippen molar-refractivity contribution >= 4 is 11.6 Å². The van der Waals surface area contributed by atoms with Crippen LogP contribution in [0.3, 0.4) is 0 Å². The van der Waals surface area contributed by atoms with Crippen LogP contribution in [-0.2, 0) is 4.74 Å². The highest BCUT2D eigenvalue weighted by atomic mass is 35.5. The molecular formula is C16H19ClN2O. The maximum atomic E-state index is 6.26. The largest absolute Gasteiger partial charge is 0.373 e.